The van der Waals surface area contributed by atoms with Crippen LogP contribution >= 0.6 is 11.8 Å². The van der Waals surface area contributed by atoms with Crippen molar-refractivity contribution in [3.8, 4) is 0 Å². The highest BCUT2D eigenvalue weighted by atomic mass is 32.2. The summed E-state index contributed by atoms with van der Waals surface area (Å²) in [4.78, 5) is 12.9. The van der Waals surface area contributed by atoms with Crippen LogP contribution in [0.4, 0.5) is 11.6 Å². The molecule has 0 atom stereocenters. The fourth-order valence-corrected chi connectivity index (χ4v) is 3.05. The summed E-state index contributed by atoms with van der Waals surface area (Å²) in [6, 6.07) is 11.7. The number of thioether (sulfide) groups is 1. The van der Waals surface area contributed by atoms with Crippen LogP contribution in [0.2, 0.25) is 0 Å². The fraction of sp³-hybridized carbons (Fsp3) is 0.133. The van der Waals surface area contributed by atoms with Gasteiger partial charge in [-0.15, -0.1) is 0 Å². The third kappa shape index (κ3) is 3.05. The average molecular weight is 297 g/mol. The van der Waals surface area contributed by atoms with Gasteiger partial charge in [-0.2, -0.15) is 0 Å². The molecular formula is C15H15N5S. The van der Waals surface area contributed by atoms with E-state index >= 15 is 0 Å². The zero-order chi connectivity index (χ0) is 14.8. The number of nitrogens with zero attached hydrogens (tertiary/aromatic N) is 3. The van der Waals surface area contributed by atoms with Gasteiger partial charge in [0.15, 0.2) is 5.16 Å². The second-order valence-corrected chi connectivity index (χ2v) is 5.67. The Hall–Kier alpha value is -2.34. The van der Waals surface area contributed by atoms with Crippen molar-refractivity contribution in [1.82, 2.24) is 15.0 Å². The minimum absolute atomic E-state index is 0.390. The molecule has 4 N–H and O–H groups in total. The number of benzene rings is 1. The van der Waals surface area contributed by atoms with E-state index in [0.717, 1.165) is 22.3 Å². The van der Waals surface area contributed by atoms with E-state index in [1.54, 1.807) is 6.07 Å². The Morgan fingerprint density at radius 1 is 1.00 bits per heavy atom. The summed E-state index contributed by atoms with van der Waals surface area (Å²) in [5.41, 5.74) is 14.6. The van der Waals surface area contributed by atoms with Crippen LogP contribution in [0, 0.1) is 6.92 Å². The molecule has 0 aliphatic carbocycles. The summed E-state index contributed by atoms with van der Waals surface area (Å²) in [6.07, 6.45) is 0. The normalized spacial score (nSPS) is 10.9. The molecule has 2 heterocycles. The number of nitrogens with two attached hydrogens (primary N) is 2. The quantitative estimate of drug-likeness (QED) is 0.570. The third-order valence-electron chi connectivity index (χ3n) is 3.03. The van der Waals surface area contributed by atoms with Gasteiger partial charge in [0.1, 0.15) is 11.6 Å². The van der Waals surface area contributed by atoms with E-state index in [4.69, 9.17) is 11.5 Å². The first kappa shape index (κ1) is 13.6. The molecule has 0 radical (unpaired) electrons. The predicted octanol–water partition coefficient (Wildman–Crippen LogP) is 2.79. The highest BCUT2D eigenvalue weighted by Crippen LogP contribution is 2.26. The lowest BCUT2D eigenvalue weighted by Crippen LogP contribution is -1.99. The Kier molecular flexibility index (Phi) is 3.62. The molecule has 0 aliphatic heterocycles. The molecule has 21 heavy (non-hydrogen) atoms. The maximum absolute atomic E-state index is 5.69. The Bertz CT molecular complexity index is 783. The molecule has 1 aromatic carbocycles. The maximum atomic E-state index is 5.69. The molecule has 0 spiro atoms. The van der Waals surface area contributed by atoms with Crippen LogP contribution in [0.15, 0.2) is 41.6 Å². The van der Waals surface area contributed by atoms with Crippen molar-refractivity contribution in [1.29, 1.82) is 0 Å². The monoisotopic (exact) mass is 297 g/mol. The standard InChI is InChI=1S/C15H15N5S/c1-9-6-10(11-4-2-3-5-12(11)18-9)8-21-15-19-13(16)7-14(17)20-15/h2-7H,8H2,1H3,(H4,16,17,19,20). The van der Waals surface area contributed by atoms with E-state index in [1.807, 2.05) is 25.1 Å². The minimum atomic E-state index is 0.390. The molecule has 0 saturated carbocycles. The van der Waals surface area contributed by atoms with Gasteiger partial charge in [-0.1, -0.05) is 30.0 Å². The lowest BCUT2D eigenvalue weighted by atomic mass is 10.1. The van der Waals surface area contributed by atoms with E-state index in [9.17, 15) is 0 Å². The van der Waals surface area contributed by atoms with Gasteiger partial charge in [-0.25, -0.2) is 9.97 Å². The Balaban J connectivity index is 1.91. The topological polar surface area (TPSA) is 90.7 Å². The summed E-state index contributed by atoms with van der Waals surface area (Å²) in [7, 11) is 0. The van der Waals surface area contributed by atoms with Gasteiger partial charge in [-0.3, -0.25) is 4.98 Å². The maximum Gasteiger partial charge on any atom is 0.191 e. The molecule has 3 aromatic rings. The SMILES string of the molecule is Cc1cc(CSc2nc(N)cc(N)n2)c2ccccc2n1. The second-order valence-electron chi connectivity index (χ2n) is 4.73. The lowest BCUT2D eigenvalue weighted by molar-refractivity contribution is 0.984. The zero-order valence-electron chi connectivity index (χ0n) is 11.6. The number of hydrogen-bond acceptors (Lipinski definition) is 6. The summed E-state index contributed by atoms with van der Waals surface area (Å²) in [5.74, 6) is 1.52. The summed E-state index contributed by atoms with van der Waals surface area (Å²) in [6.45, 7) is 2.00. The second kappa shape index (κ2) is 5.57. The Morgan fingerprint density at radius 2 is 1.71 bits per heavy atom. The number of fused-ring (bicyclic) bond motifs is 1. The fourth-order valence-electron chi connectivity index (χ4n) is 2.18. The Labute approximate surface area is 126 Å². The summed E-state index contributed by atoms with van der Waals surface area (Å²) < 4.78 is 0. The summed E-state index contributed by atoms with van der Waals surface area (Å²) >= 11 is 1.52. The van der Waals surface area contributed by atoms with E-state index in [-0.39, 0.29) is 0 Å². The van der Waals surface area contributed by atoms with Crippen LogP contribution in [0.1, 0.15) is 11.3 Å². The van der Waals surface area contributed by atoms with E-state index in [0.29, 0.717) is 16.8 Å². The van der Waals surface area contributed by atoms with E-state index < -0.39 is 0 Å². The van der Waals surface area contributed by atoms with Gasteiger partial charge in [-0.05, 0) is 24.6 Å². The molecule has 6 heteroatoms. The van der Waals surface area contributed by atoms with Crippen LogP contribution in [0.3, 0.4) is 0 Å². The van der Waals surface area contributed by atoms with Crippen molar-refractivity contribution in [3.05, 3.63) is 47.7 Å². The van der Waals surface area contributed by atoms with Gasteiger partial charge < -0.3 is 11.5 Å². The van der Waals surface area contributed by atoms with Crippen molar-refractivity contribution < 1.29 is 0 Å². The van der Waals surface area contributed by atoms with Crippen molar-refractivity contribution in [3.63, 3.8) is 0 Å². The number of pyridine rings is 1. The van der Waals surface area contributed by atoms with Gasteiger partial charge in [0.05, 0.1) is 5.52 Å². The first-order chi connectivity index (χ1) is 10.1. The zero-order valence-corrected chi connectivity index (χ0v) is 12.4. The van der Waals surface area contributed by atoms with E-state index in [2.05, 4.69) is 27.1 Å². The number of para-hydroxylation sites is 1. The molecule has 0 saturated heterocycles. The molecule has 0 bridgehead atoms. The highest BCUT2D eigenvalue weighted by molar-refractivity contribution is 7.98. The van der Waals surface area contributed by atoms with Gasteiger partial charge >= 0.3 is 0 Å². The number of aryl methyl sites for hydroxylation is 1. The molecule has 2 aromatic heterocycles. The molecule has 0 amide bonds. The van der Waals surface area contributed by atoms with Crippen LogP contribution in [0.5, 0.6) is 0 Å². The molecule has 5 nitrogen and oxygen atoms in total. The molecule has 0 aliphatic rings. The summed E-state index contributed by atoms with van der Waals surface area (Å²) in [5, 5.41) is 1.73. The lowest BCUT2D eigenvalue weighted by Gasteiger charge is -2.07. The van der Waals surface area contributed by atoms with Crippen molar-refractivity contribution in [2.45, 2.75) is 17.8 Å². The third-order valence-corrected chi connectivity index (χ3v) is 3.93. The first-order valence-corrected chi connectivity index (χ1v) is 7.48. The minimum Gasteiger partial charge on any atom is -0.383 e. The molecule has 0 unspecified atom stereocenters. The smallest absolute Gasteiger partial charge is 0.191 e. The first-order valence-electron chi connectivity index (χ1n) is 6.50. The number of nitrogen functional groups attached to an aromatic ring is 2. The number of rotatable bonds is 3. The number of anilines is 2. The predicted molar refractivity (Wildman–Crippen MR) is 86.9 cm³/mol. The van der Waals surface area contributed by atoms with Crippen LogP contribution in [0.25, 0.3) is 10.9 Å². The van der Waals surface area contributed by atoms with Crippen molar-refractivity contribution in [2.24, 2.45) is 0 Å². The Morgan fingerprint density at radius 3 is 2.48 bits per heavy atom. The number of hydrogen-bond donors (Lipinski definition) is 2. The molecular weight excluding hydrogens is 282 g/mol. The molecule has 106 valence electrons. The average Bonchev–Trinajstić information content (AvgIpc) is 2.43. The molecule has 3 rings (SSSR count). The van der Waals surface area contributed by atoms with Crippen LogP contribution in [-0.4, -0.2) is 15.0 Å². The van der Waals surface area contributed by atoms with Crippen molar-refractivity contribution >= 4 is 34.3 Å². The van der Waals surface area contributed by atoms with Gasteiger partial charge in [0.2, 0.25) is 0 Å². The molecule has 0 fully saturated rings. The number of aromatic nitrogens is 3. The van der Waals surface area contributed by atoms with Crippen LogP contribution in [-0.2, 0) is 5.75 Å². The van der Waals surface area contributed by atoms with Gasteiger partial charge in [0.25, 0.3) is 0 Å². The van der Waals surface area contributed by atoms with E-state index in [1.165, 1.54) is 17.3 Å². The largest absolute Gasteiger partial charge is 0.383 e. The van der Waals surface area contributed by atoms with Crippen molar-refractivity contribution in [2.75, 3.05) is 11.5 Å². The highest BCUT2D eigenvalue weighted by Gasteiger charge is 2.07. The van der Waals surface area contributed by atoms with Gasteiger partial charge in [0, 0.05) is 22.9 Å². The van der Waals surface area contributed by atoms with Crippen LogP contribution < -0.4 is 11.5 Å².